The number of rotatable bonds is 8. The fourth-order valence-corrected chi connectivity index (χ4v) is 8.61. The fourth-order valence-electron chi connectivity index (χ4n) is 6.34. The SMILES string of the molecule is CCOC(=O)c1nc(C2CCC[C@@H](Cc3ccccc3-c3csc(C4CCCN4C)n3)N2C)sc1-c1ccccc1. The summed E-state index contributed by atoms with van der Waals surface area (Å²) in [6.45, 7) is 3.32. The van der Waals surface area contributed by atoms with Gasteiger partial charge in [0.25, 0.3) is 0 Å². The summed E-state index contributed by atoms with van der Waals surface area (Å²) < 4.78 is 5.40. The van der Waals surface area contributed by atoms with Gasteiger partial charge in [-0.25, -0.2) is 14.8 Å². The molecule has 0 spiro atoms. The maximum Gasteiger partial charge on any atom is 0.358 e. The Morgan fingerprint density at radius 1 is 0.951 bits per heavy atom. The summed E-state index contributed by atoms with van der Waals surface area (Å²) in [5.41, 5.74) is 5.14. The van der Waals surface area contributed by atoms with Gasteiger partial charge in [0, 0.05) is 17.0 Å². The summed E-state index contributed by atoms with van der Waals surface area (Å²) in [5.74, 6) is -0.343. The van der Waals surface area contributed by atoms with Gasteiger partial charge in [-0.05, 0) is 77.2 Å². The highest BCUT2D eigenvalue weighted by molar-refractivity contribution is 7.15. The van der Waals surface area contributed by atoms with Crippen LogP contribution in [0.1, 0.15) is 77.2 Å². The van der Waals surface area contributed by atoms with Crippen LogP contribution in [-0.4, -0.2) is 59.0 Å². The smallest absolute Gasteiger partial charge is 0.358 e. The Bertz CT molecular complexity index is 1480. The van der Waals surface area contributed by atoms with Crippen molar-refractivity contribution in [2.24, 2.45) is 0 Å². The van der Waals surface area contributed by atoms with E-state index in [9.17, 15) is 4.79 Å². The predicted molar refractivity (Wildman–Crippen MR) is 168 cm³/mol. The van der Waals surface area contributed by atoms with Crippen LogP contribution in [-0.2, 0) is 11.2 Å². The zero-order valence-electron chi connectivity index (χ0n) is 24.1. The first-order chi connectivity index (χ1) is 20.0. The molecule has 2 aromatic carbocycles. The minimum Gasteiger partial charge on any atom is -0.461 e. The molecule has 0 amide bonds. The number of likely N-dealkylation sites (tertiary alicyclic amines) is 2. The molecule has 3 atom stereocenters. The number of benzene rings is 2. The number of piperidine rings is 1. The molecule has 4 aromatic rings. The van der Waals surface area contributed by atoms with E-state index in [4.69, 9.17) is 14.7 Å². The Labute approximate surface area is 251 Å². The maximum atomic E-state index is 12.9. The van der Waals surface area contributed by atoms with Crippen molar-refractivity contribution in [1.29, 1.82) is 0 Å². The van der Waals surface area contributed by atoms with Crippen molar-refractivity contribution in [3.63, 3.8) is 0 Å². The molecule has 4 heterocycles. The van der Waals surface area contributed by atoms with E-state index in [1.807, 2.05) is 37.3 Å². The molecule has 2 unspecified atom stereocenters. The number of carbonyl (C=O) groups excluding carboxylic acids is 1. The van der Waals surface area contributed by atoms with Crippen molar-refractivity contribution < 1.29 is 9.53 Å². The van der Waals surface area contributed by atoms with Crippen LogP contribution in [0.4, 0.5) is 0 Å². The molecule has 2 saturated heterocycles. The molecule has 6 nitrogen and oxygen atoms in total. The number of esters is 1. The van der Waals surface area contributed by atoms with E-state index >= 15 is 0 Å². The van der Waals surface area contributed by atoms with Gasteiger partial charge in [-0.2, -0.15) is 0 Å². The van der Waals surface area contributed by atoms with Gasteiger partial charge in [0.2, 0.25) is 0 Å². The van der Waals surface area contributed by atoms with Crippen LogP contribution in [0.25, 0.3) is 21.7 Å². The normalized spacial score (nSPS) is 21.8. The maximum absolute atomic E-state index is 12.9. The molecule has 214 valence electrons. The van der Waals surface area contributed by atoms with Crippen LogP contribution in [0.3, 0.4) is 0 Å². The van der Waals surface area contributed by atoms with Crippen molar-refractivity contribution in [2.75, 3.05) is 27.2 Å². The molecule has 8 heteroatoms. The van der Waals surface area contributed by atoms with E-state index in [1.165, 1.54) is 29.0 Å². The minimum atomic E-state index is -0.343. The molecule has 6 rings (SSSR count). The standard InChI is InChI=1S/C33H38N4O2S2/c1-4-39-33(38)29-30(22-12-6-5-7-13-22)41-32(35-29)28-17-10-15-24(37(28)3)20-23-14-8-9-16-25(23)26-21-40-31(34-26)27-18-11-19-36(27)2/h5-9,12-14,16,21,24,27-28H,4,10-11,15,17-20H2,1-3H3/t24-,27?,28?/m0/s1. The molecule has 2 aliphatic rings. The number of hydrogen-bond donors (Lipinski definition) is 0. The average molecular weight is 587 g/mol. The van der Waals surface area contributed by atoms with Crippen LogP contribution in [0.2, 0.25) is 0 Å². The highest BCUT2D eigenvalue weighted by Gasteiger charge is 2.33. The lowest BCUT2D eigenvalue weighted by Crippen LogP contribution is -2.40. The first-order valence-corrected chi connectivity index (χ1v) is 16.4. The highest BCUT2D eigenvalue weighted by Crippen LogP contribution is 2.41. The Kier molecular flexibility index (Phi) is 8.63. The predicted octanol–water partition coefficient (Wildman–Crippen LogP) is 7.65. The van der Waals surface area contributed by atoms with Gasteiger partial charge in [-0.1, -0.05) is 54.6 Å². The van der Waals surface area contributed by atoms with Crippen molar-refractivity contribution in [3.8, 4) is 21.7 Å². The first-order valence-electron chi connectivity index (χ1n) is 14.7. The molecule has 2 aromatic heterocycles. The van der Waals surface area contributed by atoms with Crippen LogP contribution in [0.15, 0.2) is 60.0 Å². The van der Waals surface area contributed by atoms with Crippen molar-refractivity contribution in [2.45, 2.75) is 63.6 Å². The van der Waals surface area contributed by atoms with E-state index in [0.717, 1.165) is 53.4 Å². The number of likely N-dealkylation sites (N-methyl/N-ethyl adjacent to an activating group) is 1. The van der Waals surface area contributed by atoms with Crippen molar-refractivity contribution in [1.82, 2.24) is 19.8 Å². The van der Waals surface area contributed by atoms with Gasteiger partial charge >= 0.3 is 5.97 Å². The topological polar surface area (TPSA) is 58.6 Å². The number of aromatic nitrogens is 2. The highest BCUT2D eigenvalue weighted by atomic mass is 32.1. The van der Waals surface area contributed by atoms with Crippen LogP contribution >= 0.6 is 22.7 Å². The lowest BCUT2D eigenvalue weighted by Gasteiger charge is -2.39. The summed E-state index contributed by atoms with van der Waals surface area (Å²) >= 11 is 3.43. The minimum absolute atomic E-state index is 0.167. The summed E-state index contributed by atoms with van der Waals surface area (Å²) in [7, 11) is 4.44. The van der Waals surface area contributed by atoms with Crippen LogP contribution < -0.4 is 0 Å². The largest absolute Gasteiger partial charge is 0.461 e. The third-order valence-electron chi connectivity index (χ3n) is 8.59. The molecular formula is C33H38N4O2S2. The summed E-state index contributed by atoms with van der Waals surface area (Å²) in [5, 5.41) is 4.47. The van der Waals surface area contributed by atoms with Crippen molar-refractivity contribution in [3.05, 3.63) is 81.2 Å². The first kappa shape index (κ1) is 28.2. The molecular weight excluding hydrogens is 549 g/mol. The van der Waals surface area contributed by atoms with Crippen LogP contribution in [0.5, 0.6) is 0 Å². The Balaban J connectivity index is 1.25. The van der Waals surface area contributed by atoms with E-state index in [2.05, 4.69) is 53.5 Å². The lowest BCUT2D eigenvalue weighted by atomic mass is 9.90. The molecule has 0 N–H and O–H groups in total. The Morgan fingerprint density at radius 3 is 2.51 bits per heavy atom. The summed E-state index contributed by atoms with van der Waals surface area (Å²) in [6.07, 6.45) is 6.70. The lowest BCUT2D eigenvalue weighted by molar-refractivity contribution is 0.0520. The van der Waals surface area contributed by atoms with E-state index in [0.29, 0.717) is 24.4 Å². The molecule has 0 bridgehead atoms. The molecule has 0 saturated carbocycles. The monoisotopic (exact) mass is 586 g/mol. The summed E-state index contributed by atoms with van der Waals surface area (Å²) in [4.78, 5) is 28.8. The average Bonchev–Trinajstić information content (AvgIpc) is 3.75. The summed E-state index contributed by atoms with van der Waals surface area (Å²) in [6, 6.07) is 19.8. The number of ether oxygens (including phenoxy) is 1. The molecule has 0 radical (unpaired) electrons. The molecule has 0 aliphatic carbocycles. The second kappa shape index (κ2) is 12.5. The quantitative estimate of drug-likeness (QED) is 0.198. The van der Waals surface area contributed by atoms with Crippen LogP contribution in [0, 0.1) is 0 Å². The second-order valence-electron chi connectivity index (χ2n) is 11.2. The van der Waals surface area contributed by atoms with Gasteiger partial charge in [-0.15, -0.1) is 22.7 Å². The van der Waals surface area contributed by atoms with Gasteiger partial charge in [-0.3, -0.25) is 9.80 Å². The van der Waals surface area contributed by atoms with Gasteiger partial charge in [0.1, 0.15) is 10.0 Å². The van der Waals surface area contributed by atoms with Gasteiger partial charge in [0.05, 0.1) is 29.3 Å². The number of nitrogens with zero attached hydrogens (tertiary/aromatic N) is 4. The van der Waals surface area contributed by atoms with E-state index in [-0.39, 0.29) is 12.0 Å². The fraction of sp³-hybridized carbons (Fsp3) is 0.424. The Hall–Kier alpha value is -2.91. The number of hydrogen-bond acceptors (Lipinski definition) is 8. The van der Waals surface area contributed by atoms with E-state index < -0.39 is 0 Å². The third kappa shape index (κ3) is 5.89. The molecule has 2 fully saturated rings. The Morgan fingerprint density at radius 2 is 1.73 bits per heavy atom. The van der Waals surface area contributed by atoms with E-state index in [1.54, 1.807) is 22.7 Å². The number of carbonyl (C=O) groups is 1. The van der Waals surface area contributed by atoms with Gasteiger partial charge < -0.3 is 4.74 Å². The molecule has 41 heavy (non-hydrogen) atoms. The van der Waals surface area contributed by atoms with Crippen molar-refractivity contribution >= 4 is 28.6 Å². The zero-order valence-corrected chi connectivity index (χ0v) is 25.7. The van der Waals surface area contributed by atoms with Gasteiger partial charge in [0.15, 0.2) is 5.69 Å². The third-order valence-corrected chi connectivity index (χ3v) is 10.7. The number of thiazole rings is 2. The molecule has 2 aliphatic heterocycles. The second-order valence-corrected chi connectivity index (χ2v) is 13.1. The zero-order chi connectivity index (χ0) is 28.3.